The number of fused-ring (bicyclic) bond motifs is 1. The van der Waals surface area contributed by atoms with E-state index in [9.17, 15) is 9.59 Å². The fourth-order valence-corrected chi connectivity index (χ4v) is 2.91. The average molecular weight is 358 g/mol. The Kier molecular flexibility index (Phi) is 3.81. The summed E-state index contributed by atoms with van der Waals surface area (Å²) >= 11 is 3.40. The fourth-order valence-electron chi connectivity index (χ4n) is 2.26. The van der Waals surface area contributed by atoms with Crippen LogP contribution < -0.4 is 10.7 Å². The van der Waals surface area contributed by atoms with Crippen molar-refractivity contribution in [2.75, 3.05) is 5.32 Å². The number of carbonyl (C=O) groups excluding carboxylic acids is 1. The Morgan fingerprint density at radius 2 is 1.91 bits per heavy atom. The van der Waals surface area contributed by atoms with Crippen molar-refractivity contribution < 1.29 is 9.21 Å². The van der Waals surface area contributed by atoms with Crippen molar-refractivity contribution >= 4 is 44.8 Å². The molecule has 0 spiro atoms. The lowest BCUT2D eigenvalue weighted by molar-refractivity contribution is 0.112. The van der Waals surface area contributed by atoms with Crippen LogP contribution in [0.15, 0.2) is 56.1 Å². The number of nitrogens with one attached hydrogen (secondary N) is 1. The first-order valence-electron chi connectivity index (χ1n) is 6.64. The lowest BCUT2D eigenvalue weighted by Gasteiger charge is -2.10. The first-order valence-corrected chi connectivity index (χ1v) is 7.43. The van der Waals surface area contributed by atoms with Gasteiger partial charge in [0.15, 0.2) is 11.9 Å². The summed E-state index contributed by atoms with van der Waals surface area (Å²) in [5, 5.41) is 3.36. The minimum absolute atomic E-state index is 0.0196. The number of anilines is 2. The van der Waals surface area contributed by atoms with E-state index >= 15 is 0 Å². The summed E-state index contributed by atoms with van der Waals surface area (Å²) < 4.78 is 6.44. The van der Waals surface area contributed by atoms with E-state index in [2.05, 4.69) is 21.2 Å². The van der Waals surface area contributed by atoms with E-state index in [-0.39, 0.29) is 16.9 Å². The van der Waals surface area contributed by atoms with Crippen LogP contribution in [0.1, 0.15) is 15.9 Å². The smallest absolute Gasteiger partial charge is 0.212 e. The lowest BCUT2D eigenvalue weighted by Crippen LogP contribution is -2.12. The van der Waals surface area contributed by atoms with Crippen LogP contribution >= 0.6 is 15.9 Å². The second-order valence-electron chi connectivity index (χ2n) is 4.91. The number of aryl methyl sites for hydroxylation is 1. The molecule has 22 heavy (non-hydrogen) atoms. The molecule has 0 atom stereocenters. The van der Waals surface area contributed by atoms with Gasteiger partial charge in [-0.15, -0.1) is 0 Å². The van der Waals surface area contributed by atoms with E-state index in [1.807, 2.05) is 43.3 Å². The number of aldehydes is 1. The summed E-state index contributed by atoms with van der Waals surface area (Å²) in [5.74, 6) is 0.142. The molecule has 0 aliphatic heterocycles. The Balaban J connectivity index is 2.26. The number of rotatable bonds is 3. The third-order valence-electron chi connectivity index (χ3n) is 3.28. The van der Waals surface area contributed by atoms with Gasteiger partial charge in [0.1, 0.15) is 5.56 Å². The topological polar surface area (TPSA) is 59.3 Å². The summed E-state index contributed by atoms with van der Waals surface area (Å²) in [6, 6.07) is 12.8. The second-order valence-corrected chi connectivity index (χ2v) is 5.76. The standard InChI is InChI=1S/C17H12BrNO3/c1-10-7-12-15(21)13(9-20)17(22-16(12)14(18)8-10)19-11-5-3-2-4-6-11/h2-9,19H,1H3. The number of carbonyl (C=O) groups is 1. The monoisotopic (exact) mass is 357 g/mol. The quantitative estimate of drug-likeness (QED) is 0.704. The van der Waals surface area contributed by atoms with Gasteiger partial charge >= 0.3 is 0 Å². The second kappa shape index (κ2) is 5.77. The summed E-state index contributed by atoms with van der Waals surface area (Å²) in [4.78, 5) is 23.9. The molecular weight excluding hydrogens is 346 g/mol. The van der Waals surface area contributed by atoms with Crippen molar-refractivity contribution in [3.8, 4) is 0 Å². The Hall–Kier alpha value is -2.40. The van der Waals surface area contributed by atoms with Gasteiger partial charge in [0, 0.05) is 5.69 Å². The number of hydrogen-bond donors (Lipinski definition) is 1. The Morgan fingerprint density at radius 3 is 2.59 bits per heavy atom. The Morgan fingerprint density at radius 1 is 1.18 bits per heavy atom. The highest BCUT2D eigenvalue weighted by Gasteiger charge is 2.16. The predicted molar refractivity (Wildman–Crippen MR) is 90.0 cm³/mol. The van der Waals surface area contributed by atoms with E-state index < -0.39 is 0 Å². The van der Waals surface area contributed by atoms with Crippen molar-refractivity contribution in [2.24, 2.45) is 0 Å². The number of benzene rings is 2. The molecular formula is C17H12BrNO3. The van der Waals surface area contributed by atoms with Crippen LogP contribution in [0.25, 0.3) is 11.0 Å². The molecule has 3 aromatic rings. The normalized spacial score (nSPS) is 10.6. The molecule has 1 N–H and O–H groups in total. The van der Waals surface area contributed by atoms with E-state index in [1.165, 1.54) is 0 Å². The molecule has 0 bridgehead atoms. The van der Waals surface area contributed by atoms with Crippen LogP contribution in [0.5, 0.6) is 0 Å². The van der Waals surface area contributed by atoms with Crippen LogP contribution in [-0.4, -0.2) is 6.29 Å². The summed E-state index contributed by atoms with van der Waals surface area (Å²) in [6.07, 6.45) is 0.521. The third kappa shape index (κ3) is 2.55. The number of para-hydroxylation sites is 1. The first kappa shape index (κ1) is 14.5. The van der Waals surface area contributed by atoms with Crippen molar-refractivity contribution in [1.29, 1.82) is 0 Å². The van der Waals surface area contributed by atoms with Gasteiger partial charge in [0.05, 0.1) is 9.86 Å². The van der Waals surface area contributed by atoms with Crippen LogP contribution in [0.3, 0.4) is 0 Å². The van der Waals surface area contributed by atoms with Gasteiger partial charge < -0.3 is 9.73 Å². The van der Waals surface area contributed by atoms with Crippen molar-refractivity contribution in [2.45, 2.75) is 6.92 Å². The van der Waals surface area contributed by atoms with E-state index in [0.717, 1.165) is 11.3 Å². The molecule has 110 valence electrons. The Labute approximate surface area is 134 Å². The molecule has 0 aliphatic rings. The highest BCUT2D eigenvalue weighted by molar-refractivity contribution is 9.10. The SMILES string of the molecule is Cc1cc(Br)c2oc(Nc3ccccc3)c(C=O)c(=O)c2c1. The number of hydrogen-bond acceptors (Lipinski definition) is 4. The summed E-state index contributed by atoms with van der Waals surface area (Å²) in [5.41, 5.74) is 1.69. The highest BCUT2D eigenvalue weighted by Crippen LogP contribution is 2.29. The summed E-state index contributed by atoms with van der Waals surface area (Å²) in [6.45, 7) is 1.88. The van der Waals surface area contributed by atoms with Crippen molar-refractivity contribution in [3.05, 3.63) is 68.3 Å². The highest BCUT2D eigenvalue weighted by atomic mass is 79.9. The van der Waals surface area contributed by atoms with Gasteiger partial charge in [-0.1, -0.05) is 18.2 Å². The van der Waals surface area contributed by atoms with E-state index in [4.69, 9.17) is 4.42 Å². The van der Waals surface area contributed by atoms with Crippen LogP contribution in [0.2, 0.25) is 0 Å². The molecule has 0 unspecified atom stereocenters. The van der Waals surface area contributed by atoms with Gasteiger partial charge in [-0.2, -0.15) is 0 Å². The predicted octanol–water partition coefficient (Wildman–Crippen LogP) is 4.42. The molecule has 2 aromatic carbocycles. The Bertz CT molecular complexity index is 917. The van der Waals surface area contributed by atoms with Gasteiger partial charge in [-0.25, -0.2) is 0 Å². The molecule has 0 saturated heterocycles. The minimum Gasteiger partial charge on any atom is -0.438 e. The molecule has 1 heterocycles. The van der Waals surface area contributed by atoms with Crippen LogP contribution in [-0.2, 0) is 0 Å². The van der Waals surface area contributed by atoms with Gasteiger partial charge in [-0.05, 0) is 52.7 Å². The van der Waals surface area contributed by atoms with Crippen molar-refractivity contribution in [1.82, 2.24) is 0 Å². The molecule has 0 amide bonds. The van der Waals surface area contributed by atoms with Gasteiger partial charge in [-0.3, -0.25) is 9.59 Å². The summed E-state index contributed by atoms with van der Waals surface area (Å²) in [7, 11) is 0. The largest absolute Gasteiger partial charge is 0.438 e. The molecule has 4 nitrogen and oxygen atoms in total. The maximum absolute atomic E-state index is 12.5. The zero-order chi connectivity index (χ0) is 15.7. The molecule has 0 aliphatic carbocycles. The third-order valence-corrected chi connectivity index (χ3v) is 3.86. The zero-order valence-electron chi connectivity index (χ0n) is 11.7. The molecule has 0 saturated carbocycles. The average Bonchev–Trinajstić information content (AvgIpc) is 2.50. The fraction of sp³-hybridized carbons (Fsp3) is 0.0588. The minimum atomic E-state index is -0.348. The van der Waals surface area contributed by atoms with Crippen molar-refractivity contribution in [3.63, 3.8) is 0 Å². The maximum atomic E-state index is 12.5. The maximum Gasteiger partial charge on any atom is 0.212 e. The molecule has 0 radical (unpaired) electrons. The molecule has 5 heteroatoms. The first-order chi connectivity index (χ1) is 10.6. The van der Waals surface area contributed by atoms with Crippen LogP contribution in [0, 0.1) is 6.92 Å². The van der Waals surface area contributed by atoms with E-state index in [1.54, 1.807) is 6.07 Å². The van der Waals surface area contributed by atoms with Gasteiger partial charge in [0.2, 0.25) is 11.3 Å². The van der Waals surface area contributed by atoms with Gasteiger partial charge in [0.25, 0.3) is 0 Å². The van der Waals surface area contributed by atoms with Crippen LogP contribution in [0.4, 0.5) is 11.6 Å². The zero-order valence-corrected chi connectivity index (χ0v) is 13.3. The number of halogens is 1. The van der Waals surface area contributed by atoms with E-state index in [0.29, 0.717) is 21.7 Å². The molecule has 1 aromatic heterocycles. The molecule has 3 rings (SSSR count). The molecule has 0 fully saturated rings. The lowest BCUT2D eigenvalue weighted by atomic mass is 10.1.